The number of benzene rings is 1. The third-order valence-corrected chi connectivity index (χ3v) is 5.30. The summed E-state index contributed by atoms with van der Waals surface area (Å²) in [5, 5.41) is 9.08. The molecule has 2 unspecified atom stereocenters. The van der Waals surface area contributed by atoms with Crippen LogP contribution in [-0.2, 0) is 6.42 Å². The molecule has 0 spiro atoms. The summed E-state index contributed by atoms with van der Waals surface area (Å²) >= 11 is 0. The van der Waals surface area contributed by atoms with E-state index >= 15 is 0 Å². The summed E-state index contributed by atoms with van der Waals surface area (Å²) in [7, 11) is 0. The van der Waals surface area contributed by atoms with Crippen molar-refractivity contribution in [2.75, 3.05) is 6.54 Å². The second-order valence-electron chi connectivity index (χ2n) is 7.28. The number of nitriles is 1. The highest BCUT2D eigenvalue weighted by Crippen LogP contribution is 2.30. The first kappa shape index (κ1) is 18.0. The molecular weight excluding hydrogens is 348 g/mol. The van der Waals surface area contributed by atoms with Gasteiger partial charge in [0.2, 0.25) is 0 Å². The van der Waals surface area contributed by atoms with Crippen molar-refractivity contribution in [2.24, 2.45) is 5.92 Å². The highest BCUT2D eigenvalue weighted by Gasteiger charge is 2.28. The molecule has 0 saturated heterocycles. The number of hydrogen-bond acceptors (Lipinski definition) is 4. The van der Waals surface area contributed by atoms with Gasteiger partial charge < -0.3 is 4.90 Å². The van der Waals surface area contributed by atoms with Gasteiger partial charge in [0, 0.05) is 29.9 Å². The SMILES string of the molecule is Cc1cc(=O)n(C2=CC3C(C=C2)C=CN3CCc2cccc(C#N)c2)c(C)n1. The molecular formula is C23H22N4O. The number of hydrogen-bond donors (Lipinski definition) is 0. The van der Waals surface area contributed by atoms with Gasteiger partial charge in [-0.25, -0.2) is 4.98 Å². The van der Waals surface area contributed by atoms with Crippen molar-refractivity contribution in [2.45, 2.75) is 26.3 Å². The fourth-order valence-corrected chi connectivity index (χ4v) is 3.95. The van der Waals surface area contributed by atoms with Gasteiger partial charge in [-0.3, -0.25) is 9.36 Å². The Hall–Kier alpha value is -3.39. The molecule has 0 amide bonds. The third-order valence-electron chi connectivity index (χ3n) is 5.30. The van der Waals surface area contributed by atoms with Crippen molar-refractivity contribution in [1.29, 1.82) is 5.26 Å². The van der Waals surface area contributed by atoms with Gasteiger partial charge in [-0.1, -0.05) is 24.3 Å². The van der Waals surface area contributed by atoms with Crippen LogP contribution in [0.4, 0.5) is 0 Å². The van der Waals surface area contributed by atoms with E-state index in [1.54, 1.807) is 10.6 Å². The first-order valence-electron chi connectivity index (χ1n) is 9.46. The second-order valence-corrected chi connectivity index (χ2v) is 7.28. The molecule has 5 nitrogen and oxygen atoms in total. The standard InChI is InChI=1S/C23H22N4O/c1-16-12-23(28)27(17(2)25-16)21-7-6-20-9-11-26(22(20)14-21)10-8-18-4-3-5-19(13-18)15-24/h3-7,9,11-14,20,22H,8,10H2,1-2H3. The van der Waals surface area contributed by atoms with Crippen LogP contribution in [0.15, 0.2) is 65.6 Å². The molecule has 0 saturated carbocycles. The third kappa shape index (κ3) is 3.41. The lowest BCUT2D eigenvalue weighted by atomic mass is 9.95. The van der Waals surface area contributed by atoms with E-state index in [1.807, 2.05) is 38.1 Å². The van der Waals surface area contributed by atoms with Crippen LogP contribution in [0.25, 0.3) is 5.70 Å². The summed E-state index contributed by atoms with van der Waals surface area (Å²) in [4.78, 5) is 19.2. The van der Waals surface area contributed by atoms with Crippen LogP contribution < -0.4 is 5.56 Å². The number of aromatic nitrogens is 2. The van der Waals surface area contributed by atoms with Gasteiger partial charge in [-0.15, -0.1) is 0 Å². The number of nitrogens with zero attached hydrogens (tertiary/aromatic N) is 4. The summed E-state index contributed by atoms with van der Waals surface area (Å²) < 4.78 is 1.67. The molecule has 0 bridgehead atoms. The van der Waals surface area contributed by atoms with Crippen molar-refractivity contribution in [3.63, 3.8) is 0 Å². The Morgan fingerprint density at radius 1 is 1.21 bits per heavy atom. The van der Waals surface area contributed by atoms with Gasteiger partial charge >= 0.3 is 0 Å². The van der Waals surface area contributed by atoms with Crippen LogP contribution >= 0.6 is 0 Å². The molecule has 140 valence electrons. The lowest BCUT2D eigenvalue weighted by molar-refractivity contribution is 0.322. The highest BCUT2D eigenvalue weighted by molar-refractivity contribution is 5.61. The number of allylic oxidation sites excluding steroid dienone is 2. The van der Waals surface area contributed by atoms with Crippen molar-refractivity contribution in [3.05, 3.63) is 93.8 Å². The average Bonchev–Trinajstić information content (AvgIpc) is 3.08. The Balaban J connectivity index is 1.55. The second kappa shape index (κ2) is 7.32. The Morgan fingerprint density at radius 3 is 2.86 bits per heavy atom. The lowest BCUT2D eigenvalue weighted by Crippen LogP contribution is -2.34. The first-order chi connectivity index (χ1) is 13.5. The molecule has 2 atom stereocenters. The zero-order valence-electron chi connectivity index (χ0n) is 16.0. The maximum Gasteiger partial charge on any atom is 0.258 e. The van der Waals surface area contributed by atoms with Gasteiger partial charge in [0.15, 0.2) is 0 Å². The maximum atomic E-state index is 12.5. The lowest BCUT2D eigenvalue weighted by Gasteiger charge is -2.29. The molecule has 1 aliphatic heterocycles. The minimum atomic E-state index is -0.0508. The van der Waals surface area contributed by atoms with E-state index in [0.29, 0.717) is 17.3 Å². The molecule has 0 radical (unpaired) electrons. The van der Waals surface area contributed by atoms with Crippen LogP contribution in [0.5, 0.6) is 0 Å². The summed E-state index contributed by atoms with van der Waals surface area (Å²) in [6.45, 7) is 4.55. The zero-order chi connectivity index (χ0) is 19.7. The minimum absolute atomic E-state index is 0.0508. The van der Waals surface area contributed by atoms with Crippen molar-refractivity contribution in [1.82, 2.24) is 14.5 Å². The molecule has 1 aliphatic carbocycles. The van der Waals surface area contributed by atoms with E-state index in [0.717, 1.165) is 29.9 Å². The summed E-state index contributed by atoms with van der Waals surface area (Å²) in [6.07, 6.45) is 11.5. The molecule has 28 heavy (non-hydrogen) atoms. The van der Waals surface area contributed by atoms with Crippen LogP contribution in [-0.4, -0.2) is 27.0 Å². The maximum absolute atomic E-state index is 12.5. The van der Waals surface area contributed by atoms with Gasteiger partial charge in [0.25, 0.3) is 5.56 Å². The molecule has 1 aromatic carbocycles. The predicted molar refractivity (Wildman–Crippen MR) is 109 cm³/mol. The average molecular weight is 370 g/mol. The van der Waals surface area contributed by atoms with Crippen LogP contribution in [0, 0.1) is 31.1 Å². The highest BCUT2D eigenvalue weighted by atomic mass is 16.1. The summed E-state index contributed by atoms with van der Waals surface area (Å²) in [6, 6.07) is 11.7. The Labute approximate surface area is 164 Å². The van der Waals surface area contributed by atoms with E-state index in [1.165, 1.54) is 0 Å². The van der Waals surface area contributed by atoms with Crippen LogP contribution in [0.3, 0.4) is 0 Å². The molecule has 4 rings (SSSR count). The minimum Gasteiger partial charge on any atom is -0.370 e. The molecule has 2 heterocycles. The molecule has 5 heteroatoms. The van der Waals surface area contributed by atoms with Crippen molar-refractivity contribution >= 4 is 5.70 Å². The zero-order valence-corrected chi connectivity index (χ0v) is 16.0. The molecule has 1 aromatic heterocycles. The number of aryl methyl sites for hydroxylation is 2. The number of rotatable bonds is 4. The normalized spacial score (nSPS) is 20.0. The topological polar surface area (TPSA) is 61.9 Å². The van der Waals surface area contributed by atoms with Crippen molar-refractivity contribution < 1.29 is 0 Å². The largest absolute Gasteiger partial charge is 0.370 e. The van der Waals surface area contributed by atoms with E-state index in [9.17, 15) is 4.79 Å². The van der Waals surface area contributed by atoms with Gasteiger partial charge in [0.1, 0.15) is 5.82 Å². The summed E-state index contributed by atoms with van der Waals surface area (Å²) in [5.74, 6) is 1.01. The van der Waals surface area contributed by atoms with Gasteiger partial charge in [-0.05, 0) is 56.3 Å². The molecule has 2 aliphatic rings. The molecule has 2 aromatic rings. The quantitative estimate of drug-likeness (QED) is 0.829. The van der Waals surface area contributed by atoms with E-state index < -0.39 is 0 Å². The van der Waals surface area contributed by atoms with E-state index in [2.05, 4.69) is 46.4 Å². The Kier molecular flexibility index (Phi) is 4.70. The van der Waals surface area contributed by atoms with Crippen LogP contribution in [0.1, 0.15) is 22.6 Å². The monoisotopic (exact) mass is 370 g/mol. The van der Waals surface area contributed by atoms with Crippen molar-refractivity contribution in [3.8, 4) is 6.07 Å². The molecule has 0 N–H and O–H groups in total. The Bertz CT molecular complexity index is 1100. The fraction of sp³-hybridized carbons (Fsp3) is 0.261. The smallest absolute Gasteiger partial charge is 0.258 e. The van der Waals surface area contributed by atoms with Gasteiger partial charge in [0.05, 0.1) is 17.7 Å². The number of fused-ring (bicyclic) bond motifs is 1. The van der Waals surface area contributed by atoms with Gasteiger partial charge in [-0.2, -0.15) is 5.26 Å². The predicted octanol–water partition coefficient (Wildman–Crippen LogP) is 3.20. The van der Waals surface area contributed by atoms with Crippen LogP contribution in [0.2, 0.25) is 0 Å². The van der Waals surface area contributed by atoms with E-state index in [4.69, 9.17) is 5.26 Å². The summed E-state index contributed by atoms with van der Waals surface area (Å²) in [5.41, 5.74) is 3.40. The first-order valence-corrected chi connectivity index (χ1v) is 9.46. The fourth-order valence-electron chi connectivity index (χ4n) is 3.95. The molecule has 0 fully saturated rings. The Morgan fingerprint density at radius 2 is 2.07 bits per heavy atom. The van der Waals surface area contributed by atoms with E-state index in [-0.39, 0.29) is 11.6 Å².